The Morgan fingerprint density at radius 2 is 2.00 bits per heavy atom. The molecule has 2 aromatic carbocycles. The van der Waals surface area contributed by atoms with E-state index in [-0.39, 0.29) is 10.7 Å². The first-order chi connectivity index (χ1) is 14.5. The van der Waals surface area contributed by atoms with Gasteiger partial charge in [0.25, 0.3) is 0 Å². The van der Waals surface area contributed by atoms with E-state index in [4.69, 9.17) is 5.14 Å². The fraction of sp³-hybridized carbons (Fsp3) is 0.381. The van der Waals surface area contributed by atoms with Crippen molar-refractivity contribution in [2.75, 3.05) is 13.1 Å². The van der Waals surface area contributed by atoms with Gasteiger partial charge in [0.05, 0.1) is 10.5 Å². The Kier molecular flexibility index (Phi) is 5.94. The van der Waals surface area contributed by atoms with Crippen LogP contribution in [-0.2, 0) is 16.6 Å². The zero-order valence-electron chi connectivity index (χ0n) is 17.0. The Morgan fingerprint density at radius 1 is 1.20 bits per heavy atom. The minimum atomic E-state index is -3.95. The van der Waals surface area contributed by atoms with Gasteiger partial charge in [-0.1, -0.05) is 49.7 Å². The maximum absolute atomic E-state index is 12.1. The standard InChI is InChI=1S/C21H26N6O2S/c1-2-4-15-11-12-27(13-15)14-16-7-9-17(10-8-16)18-5-3-6-19(30(22,28)29)20(18)21-23-25-26-24-21/h3,5-10,15H,2,4,11-14H2,1H3,(H2,22,28,29)(H,23,24,25,26). The summed E-state index contributed by atoms with van der Waals surface area (Å²) in [4.78, 5) is 2.48. The number of aromatic amines is 1. The number of hydrogen-bond donors (Lipinski definition) is 2. The molecule has 8 nitrogen and oxygen atoms in total. The second-order valence-corrected chi connectivity index (χ2v) is 9.36. The molecule has 0 bridgehead atoms. The van der Waals surface area contributed by atoms with E-state index in [9.17, 15) is 8.42 Å². The molecule has 0 aliphatic carbocycles. The van der Waals surface area contributed by atoms with Gasteiger partial charge in [0.15, 0.2) is 0 Å². The number of tetrazole rings is 1. The lowest BCUT2D eigenvalue weighted by Crippen LogP contribution is -2.20. The molecule has 9 heteroatoms. The molecule has 0 radical (unpaired) electrons. The molecule has 3 aromatic rings. The van der Waals surface area contributed by atoms with Crippen LogP contribution in [0.25, 0.3) is 22.5 Å². The fourth-order valence-electron chi connectivity index (χ4n) is 4.26. The predicted molar refractivity (Wildman–Crippen MR) is 115 cm³/mol. The summed E-state index contributed by atoms with van der Waals surface area (Å²) in [5.41, 5.74) is 3.15. The summed E-state index contributed by atoms with van der Waals surface area (Å²) in [6, 6.07) is 13.1. The van der Waals surface area contributed by atoms with Crippen LogP contribution >= 0.6 is 0 Å². The molecule has 1 fully saturated rings. The average Bonchev–Trinajstić information content (AvgIpc) is 3.40. The lowest BCUT2D eigenvalue weighted by Gasteiger charge is -2.17. The third-order valence-corrected chi connectivity index (χ3v) is 6.59. The van der Waals surface area contributed by atoms with Gasteiger partial charge >= 0.3 is 0 Å². The first-order valence-corrected chi connectivity index (χ1v) is 11.7. The quantitative estimate of drug-likeness (QED) is 0.600. The van der Waals surface area contributed by atoms with E-state index < -0.39 is 10.0 Å². The molecule has 158 valence electrons. The monoisotopic (exact) mass is 426 g/mol. The third-order valence-electron chi connectivity index (χ3n) is 5.64. The molecular weight excluding hydrogens is 400 g/mol. The number of H-pyrrole nitrogens is 1. The van der Waals surface area contributed by atoms with Crippen molar-refractivity contribution in [2.24, 2.45) is 11.1 Å². The lowest BCUT2D eigenvalue weighted by molar-refractivity contribution is 0.313. The van der Waals surface area contributed by atoms with Gasteiger partial charge in [-0.05, 0) is 53.3 Å². The Hall–Kier alpha value is -2.62. The number of nitrogens with one attached hydrogen (secondary N) is 1. The Balaban J connectivity index is 1.62. The van der Waals surface area contributed by atoms with Crippen LogP contribution in [0.1, 0.15) is 31.7 Å². The van der Waals surface area contributed by atoms with Crippen LogP contribution in [0.2, 0.25) is 0 Å². The topological polar surface area (TPSA) is 118 Å². The highest BCUT2D eigenvalue weighted by atomic mass is 32.2. The molecule has 30 heavy (non-hydrogen) atoms. The van der Waals surface area contributed by atoms with Gasteiger partial charge in [-0.3, -0.25) is 4.90 Å². The van der Waals surface area contributed by atoms with E-state index in [1.54, 1.807) is 6.07 Å². The predicted octanol–water partition coefficient (Wildman–Crippen LogP) is 2.80. The van der Waals surface area contributed by atoms with Crippen LogP contribution in [0.15, 0.2) is 47.4 Å². The van der Waals surface area contributed by atoms with Crippen molar-refractivity contribution in [1.29, 1.82) is 0 Å². The van der Waals surface area contributed by atoms with Crippen molar-refractivity contribution in [1.82, 2.24) is 25.5 Å². The number of primary sulfonamides is 1. The molecule has 1 aliphatic heterocycles. The number of benzene rings is 2. The molecule has 0 amide bonds. The molecule has 1 unspecified atom stereocenters. The number of nitrogens with zero attached hydrogens (tertiary/aromatic N) is 4. The van der Waals surface area contributed by atoms with E-state index in [0.717, 1.165) is 31.1 Å². The molecular formula is C21H26N6O2S. The zero-order valence-corrected chi connectivity index (χ0v) is 17.8. The maximum atomic E-state index is 12.1. The highest BCUT2D eigenvalue weighted by Crippen LogP contribution is 2.35. The van der Waals surface area contributed by atoms with Crippen LogP contribution in [-0.4, -0.2) is 47.0 Å². The van der Waals surface area contributed by atoms with Crippen LogP contribution in [0.3, 0.4) is 0 Å². The summed E-state index contributed by atoms with van der Waals surface area (Å²) in [6.07, 6.45) is 3.82. The SMILES string of the molecule is CCCC1CCN(Cc2ccc(-c3cccc(S(N)(=O)=O)c3-c3nn[nH]n3)cc2)C1. The summed E-state index contributed by atoms with van der Waals surface area (Å²) < 4.78 is 24.3. The Labute approximate surface area is 176 Å². The average molecular weight is 427 g/mol. The maximum Gasteiger partial charge on any atom is 0.238 e. The molecule has 3 N–H and O–H groups in total. The largest absolute Gasteiger partial charge is 0.299 e. The van der Waals surface area contributed by atoms with Gasteiger partial charge in [-0.25, -0.2) is 13.6 Å². The number of likely N-dealkylation sites (tertiary alicyclic amines) is 1. The molecule has 0 spiro atoms. The normalized spacial score (nSPS) is 17.5. The lowest BCUT2D eigenvalue weighted by atomic mass is 9.98. The molecule has 4 rings (SSSR count). The minimum Gasteiger partial charge on any atom is -0.299 e. The number of nitrogens with two attached hydrogens (primary N) is 1. The van der Waals surface area contributed by atoms with Crippen LogP contribution < -0.4 is 5.14 Å². The van der Waals surface area contributed by atoms with Gasteiger partial charge < -0.3 is 0 Å². The van der Waals surface area contributed by atoms with Gasteiger partial charge in [0, 0.05) is 13.1 Å². The van der Waals surface area contributed by atoms with Gasteiger partial charge in [0.1, 0.15) is 0 Å². The molecule has 0 saturated carbocycles. The van der Waals surface area contributed by atoms with Crippen molar-refractivity contribution in [3.63, 3.8) is 0 Å². The third kappa shape index (κ3) is 4.43. The number of sulfonamides is 1. The van der Waals surface area contributed by atoms with Crippen molar-refractivity contribution in [3.8, 4) is 22.5 Å². The molecule has 1 aliphatic rings. The molecule has 2 heterocycles. The van der Waals surface area contributed by atoms with E-state index in [0.29, 0.717) is 11.1 Å². The second-order valence-electron chi connectivity index (χ2n) is 7.83. The van der Waals surface area contributed by atoms with Crippen molar-refractivity contribution in [2.45, 2.75) is 37.6 Å². The molecule has 1 aromatic heterocycles. The molecule has 1 atom stereocenters. The van der Waals surface area contributed by atoms with E-state index in [1.165, 1.54) is 30.9 Å². The van der Waals surface area contributed by atoms with Gasteiger partial charge in [0.2, 0.25) is 15.8 Å². The summed E-state index contributed by atoms with van der Waals surface area (Å²) in [5, 5.41) is 19.3. The summed E-state index contributed by atoms with van der Waals surface area (Å²) in [6.45, 7) is 5.48. The Morgan fingerprint density at radius 3 is 2.67 bits per heavy atom. The zero-order chi connectivity index (χ0) is 21.1. The number of hydrogen-bond acceptors (Lipinski definition) is 6. The summed E-state index contributed by atoms with van der Waals surface area (Å²) in [7, 11) is -3.95. The smallest absolute Gasteiger partial charge is 0.238 e. The van der Waals surface area contributed by atoms with Crippen LogP contribution in [0, 0.1) is 5.92 Å². The van der Waals surface area contributed by atoms with E-state index in [1.807, 2.05) is 18.2 Å². The first-order valence-electron chi connectivity index (χ1n) is 10.2. The number of rotatable bonds is 7. The van der Waals surface area contributed by atoms with Crippen molar-refractivity contribution < 1.29 is 8.42 Å². The van der Waals surface area contributed by atoms with Gasteiger partial charge in [-0.15, -0.1) is 10.2 Å². The summed E-state index contributed by atoms with van der Waals surface area (Å²) in [5.74, 6) is 1.01. The summed E-state index contributed by atoms with van der Waals surface area (Å²) >= 11 is 0. The Bertz CT molecular complexity index is 1100. The van der Waals surface area contributed by atoms with Crippen LogP contribution in [0.4, 0.5) is 0 Å². The van der Waals surface area contributed by atoms with Crippen LogP contribution in [0.5, 0.6) is 0 Å². The van der Waals surface area contributed by atoms with Crippen molar-refractivity contribution in [3.05, 3.63) is 48.0 Å². The second kappa shape index (κ2) is 8.63. The fourth-order valence-corrected chi connectivity index (χ4v) is 5.01. The van der Waals surface area contributed by atoms with E-state index in [2.05, 4.69) is 44.6 Å². The van der Waals surface area contributed by atoms with Crippen molar-refractivity contribution >= 4 is 10.0 Å². The highest BCUT2D eigenvalue weighted by molar-refractivity contribution is 7.89. The highest BCUT2D eigenvalue weighted by Gasteiger charge is 2.23. The number of aromatic nitrogens is 4. The first kappa shape index (κ1) is 20.6. The molecule has 1 saturated heterocycles. The van der Waals surface area contributed by atoms with Gasteiger partial charge in [-0.2, -0.15) is 5.21 Å². The minimum absolute atomic E-state index is 0.0236. The van der Waals surface area contributed by atoms with E-state index >= 15 is 0 Å².